The molecule has 1 nitrogen and oxygen atoms in total. The van der Waals surface area contributed by atoms with Crippen molar-refractivity contribution in [3.8, 4) is 0 Å². The summed E-state index contributed by atoms with van der Waals surface area (Å²) in [4.78, 5) is 2.14. The van der Waals surface area contributed by atoms with Crippen LogP contribution in [0.4, 0.5) is 5.69 Å². The third kappa shape index (κ3) is 2.08. The summed E-state index contributed by atoms with van der Waals surface area (Å²) in [5.41, 5.74) is 1.26. The SMILES string of the molecule is CN(C)c1cccc2cccc([Te]Cl)c12. The maximum atomic E-state index is 6.09. The summed E-state index contributed by atoms with van der Waals surface area (Å²) in [5, 5.41) is 2.60. The van der Waals surface area contributed by atoms with Crippen molar-refractivity contribution in [2.75, 3.05) is 19.0 Å². The first-order chi connectivity index (χ1) is 7.24. The van der Waals surface area contributed by atoms with Gasteiger partial charge >= 0.3 is 104 Å². The molecule has 0 atom stereocenters. The fraction of sp³-hybridized carbons (Fsp3) is 0.167. The van der Waals surface area contributed by atoms with Crippen molar-refractivity contribution in [1.29, 1.82) is 0 Å². The zero-order chi connectivity index (χ0) is 10.8. The molecule has 0 spiro atoms. The van der Waals surface area contributed by atoms with E-state index >= 15 is 0 Å². The van der Waals surface area contributed by atoms with Crippen LogP contribution in [-0.4, -0.2) is 33.9 Å². The van der Waals surface area contributed by atoms with Crippen LogP contribution in [-0.2, 0) is 0 Å². The standard InChI is InChI=1S/C12H12ClNTe/c1-14(2)10-7-3-5-9-6-4-8-11(15-13)12(9)10/h3-8H,1-2H3. The van der Waals surface area contributed by atoms with Crippen LogP contribution < -0.4 is 8.51 Å². The van der Waals surface area contributed by atoms with Crippen LogP contribution in [0, 0.1) is 0 Å². The quantitative estimate of drug-likeness (QED) is 0.763. The van der Waals surface area contributed by atoms with Gasteiger partial charge in [0.2, 0.25) is 0 Å². The molecule has 0 bridgehead atoms. The van der Waals surface area contributed by atoms with Gasteiger partial charge in [-0.25, -0.2) is 0 Å². The number of nitrogens with zero attached hydrogens (tertiary/aromatic N) is 1. The average Bonchev–Trinajstić information content (AvgIpc) is 2.27. The van der Waals surface area contributed by atoms with Crippen LogP contribution in [0.5, 0.6) is 0 Å². The normalized spacial score (nSPS) is 10.6. The number of fused-ring (bicyclic) bond motifs is 1. The van der Waals surface area contributed by atoms with Gasteiger partial charge in [-0.3, -0.25) is 0 Å². The van der Waals surface area contributed by atoms with Gasteiger partial charge in [0.05, 0.1) is 0 Å². The zero-order valence-corrected chi connectivity index (χ0v) is 11.8. The van der Waals surface area contributed by atoms with Crippen molar-refractivity contribution >= 4 is 48.8 Å². The predicted molar refractivity (Wildman–Crippen MR) is 69.5 cm³/mol. The third-order valence-corrected chi connectivity index (χ3v) is 4.97. The van der Waals surface area contributed by atoms with E-state index in [9.17, 15) is 0 Å². The second-order valence-corrected chi connectivity index (χ2v) is 6.33. The Bertz CT molecular complexity index is 477. The maximum absolute atomic E-state index is 6.09. The summed E-state index contributed by atoms with van der Waals surface area (Å²) in [6.45, 7) is 0. The fourth-order valence-corrected chi connectivity index (χ4v) is 3.81. The van der Waals surface area contributed by atoms with Crippen LogP contribution in [0.15, 0.2) is 36.4 Å². The molecule has 15 heavy (non-hydrogen) atoms. The third-order valence-electron chi connectivity index (χ3n) is 2.41. The van der Waals surface area contributed by atoms with E-state index in [0.29, 0.717) is 0 Å². The summed E-state index contributed by atoms with van der Waals surface area (Å²) >= 11 is -0.562. The molecule has 0 aliphatic carbocycles. The summed E-state index contributed by atoms with van der Waals surface area (Å²) in [6.07, 6.45) is 0. The molecule has 0 radical (unpaired) electrons. The molecular formula is C12H12ClNTe. The molecule has 78 valence electrons. The summed E-state index contributed by atoms with van der Waals surface area (Å²) in [7, 11) is 10.2. The van der Waals surface area contributed by atoms with Crippen LogP contribution in [0.2, 0.25) is 0 Å². The topological polar surface area (TPSA) is 3.24 Å². The molecule has 0 unspecified atom stereocenters. The minimum atomic E-state index is -0.562. The van der Waals surface area contributed by atoms with Crippen molar-refractivity contribution in [3.05, 3.63) is 36.4 Å². The molecule has 0 saturated heterocycles. The van der Waals surface area contributed by atoms with Gasteiger partial charge < -0.3 is 0 Å². The summed E-state index contributed by atoms with van der Waals surface area (Å²) in [6, 6.07) is 12.8. The molecule has 3 heteroatoms. The van der Waals surface area contributed by atoms with Gasteiger partial charge in [-0.15, -0.1) is 0 Å². The van der Waals surface area contributed by atoms with E-state index in [2.05, 4.69) is 55.4 Å². The molecule has 0 fully saturated rings. The molecule has 2 aromatic carbocycles. The first kappa shape index (κ1) is 11.1. The molecule has 0 amide bonds. The van der Waals surface area contributed by atoms with Crippen molar-refractivity contribution in [3.63, 3.8) is 0 Å². The van der Waals surface area contributed by atoms with E-state index in [0.717, 1.165) is 0 Å². The molecule has 2 aromatic rings. The van der Waals surface area contributed by atoms with Crippen LogP contribution >= 0.6 is 8.96 Å². The van der Waals surface area contributed by atoms with Crippen LogP contribution in [0.25, 0.3) is 10.8 Å². The van der Waals surface area contributed by atoms with E-state index in [1.54, 1.807) is 0 Å². The Morgan fingerprint density at radius 2 is 1.73 bits per heavy atom. The summed E-state index contributed by atoms with van der Waals surface area (Å²) < 4.78 is 1.32. The Balaban J connectivity index is 2.81. The second kappa shape index (κ2) is 4.61. The molecule has 2 rings (SSSR count). The first-order valence-corrected chi connectivity index (χ1v) is 8.83. The number of anilines is 1. The van der Waals surface area contributed by atoms with Gasteiger partial charge in [-0.1, -0.05) is 0 Å². The van der Waals surface area contributed by atoms with Gasteiger partial charge in [0.1, 0.15) is 0 Å². The van der Waals surface area contributed by atoms with Crippen molar-refractivity contribution in [1.82, 2.24) is 0 Å². The second-order valence-electron chi connectivity index (χ2n) is 3.60. The number of hydrogen-bond acceptors (Lipinski definition) is 1. The van der Waals surface area contributed by atoms with Gasteiger partial charge in [0, 0.05) is 0 Å². The van der Waals surface area contributed by atoms with Crippen LogP contribution in [0.1, 0.15) is 0 Å². The Morgan fingerprint density at radius 1 is 1.07 bits per heavy atom. The molecule has 0 heterocycles. The van der Waals surface area contributed by atoms with Gasteiger partial charge in [0.15, 0.2) is 0 Å². The average molecular weight is 333 g/mol. The Kier molecular flexibility index (Phi) is 3.41. The van der Waals surface area contributed by atoms with Crippen LogP contribution in [0.3, 0.4) is 0 Å². The van der Waals surface area contributed by atoms with Gasteiger partial charge in [-0.05, 0) is 0 Å². The Hall–Kier alpha value is -0.420. The van der Waals surface area contributed by atoms with E-state index in [4.69, 9.17) is 8.96 Å². The van der Waals surface area contributed by atoms with E-state index in [1.165, 1.54) is 20.1 Å². The van der Waals surface area contributed by atoms with E-state index < -0.39 is 19.8 Å². The number of hydrogen-bond donors (Lipinski definition) is 0. The van der Waals surface area contributed by atoms with E-state index in [-0.39, 0.29) is 0 Å². The molecule has 0 N–H and O–H groups in total. The molecule has 0 aromatic heterocycles. The number of rotatable bonds is 2. The zero-order valence-electron chi connectivity index (χ0n) is 8.70. The Morgan fingerprint density at radius 3 is 2.33 bits per heavy atom. The van der Waals surface area contributed by atoms with Crippen molar-refractivity contribution < 1.29 is 0 Å². The molecule has 0 saturated carbocycles. The van der Waals surface area contributed by atoms with Crippen molar-refractivity contribution in [2.45, 2.75) is 0 Å². The first-order valence-electron chi connectivity index (χ1n) is 4.71. The monoisotopic (exact) mass is 335 g/mol. The molecule has 0 aliphatic heterocycles. The predicted octanol–water partition coefficient (Wildman–Crippen LogP) is 2.39. The Labute approximate surface area is 104 Å². The van der Waals surface area contributed by atoms with E-state index in [1.807, 2.05) is 0 Å². The van der Waals surface area contributed by atoms with Crippen molar-refractivity contribution in [2.24, 2.45) is 0 Å². The minimum absolute atomic E-state index is 0.562. The molecule has 0 aliphatic rings. The van der Waals surface area contributed by atoms with Gasteiger partial charge in [0.25, 0.3) is 0 Å². The number of halogens is 1. The fourth-order valence-electron chi connectivity index (χ4n) is 1.72. The van der Waals surface area contributed by atoms with Gasteiger partial charge in [-0.2, -0.15) is 0 Å². The number of benzene rings is 2. The summed E-state index contributed by atoms with van der Waals surface area (Å²) in [5.74, 6) is 0. The molecular weight excluding hydrogens is 321 g/mol.